The third-order valence-electron chi connectivity index (χ3n) is 2.75. The van der Waals surface area contributed by atoms with Gasteiger partial charge in [0.1, 0.15) is 17.4 Å². The quantitative estimate of drug-likeness (QED) is 0.570. The Morgan fingerprint density at radius 3 is 2.75 bits per heavy atom. The molecule has 2 heterocycles. The lowest BCUT2D eigenvalue weighted by atomic mass is 10.2. The fraction of sp³-hybridized carbons (Fsp3) is 0.231. The molecule has 0 radical (unpaired) electrons. The monoisotopic (exact) mass is 430 g/mol. The number of nitrogens with one attached hydrogen (secondary N) is 1. The number of hydrogen-bond donors (Lipinski definition) is 1. The molecule has 0 saturated heterocycles. The number of halogens is 1. The topological polar surface area (TPSA) is 126 Å². The van der Waals surface area contributed by atoms with Gasteiger partial charge in [0, 0.05) is 17.6 Å². The summed E-state index contributed by atoms with van der Waals surface area (Å²) in [5.74, 6) is -0.427. The second-order valence-corrected chi connectivity index (χ2v) is 8.67. The molecule has 2 aromatic rings. The van der Waals surface area contributed by atoms with Crippen molar-refractivity contribution in [3.63, 3.8) is 0 Å². The number of carbonyl (C=O) groups is 1. The molecule has 0 aliphatic heterocycles. The minimum absolute atomic E-state index is 0.0130. The molecule has 0 aromatic carbocycles. The van der Waals surface area contributed by atoms with Crippen molar-refractivity contribution in [3.8, 4) is 6.07 Å². The van der Waals surface area contributed by atoms with Gasteiger partial charge in [0.25, 0.3) is 11.1 Å². The number of nitrogens with zero attached hydrogens (tertiary/aromatic N) is 3. The lowest BCUT2D eigenvalue weighted by Gasteiger charge is -2.01. The zero-order valence-electron chi connectivity index (χ0n) is 12.5. The molecule has 2 aromatic heterocycles. The van der Waals surface area contributed by atoms with Crippen LogP contribution in [0, 0.1) is 11.3 Å². The molecule has 126 valence electrons. The smallest absolute Gasteiger partial charge is 0.268 e. The molecule has 0 fully saturated rings. The molecule has 8 nitrogen and oxygen atoms in total. The highest BCUT2D eigenvalue weighted by molar-refractivity contribution is 9.10. The van der Waals surface area contributed by atoms with Gasteiger partial charge in [-0.2, -0.15) is 14.6 Å². The molecule has 1 amide bonds. The van der Waals surface area contributed by atoms with Crippen LogP contribution in [-0.2, 0) is 14.6 Å². The molecule has 0 saturated carbocycles. The molecule has 1 N–H and O–H groups in total. The fourth-order valence-corrected chi connectivity index (χ4v) is 3.46. The van der Waals surface area contributed by atoms with E-state index in [9.17, 15) is 13.2 Å². The first kappa shape index (κ1) is 18.3. The summed E-state index contributed by atoms with van der Waals surface area (Å²) in [6.45, 7) is 3.01. The van der Waals surface area contributed by atoms with E-state index in [1.807, 2.05) is 0 Å². The largest absolute Gasteiger partial charge is 0.450 e. The third kappa shape index (κ3) is 4.08. The van der Waals surface area contributed by atoms with Gasteiger partial charge in [0.2, 0.25) is 15.0 Å². The van der Waals surface area contributed by atoms with Crippen molar-refractivity contribution in [2.45, 2.75) is 24.3 Å². The van der Waals surface area contributed by atoms with Gasteiger partial charge in [0.15, 0.2) is 4.67 Å². The van der Waals surface area contributed by atoms with E-state index in [1.165, 1.54) is 19.9 Å². The molecular formula is C13H11BrN4O4S2. The molecule has 0 atom stereocenters. The number of carbonyl (C=O) groups excluding carboxylic acids is 1. The highest BCUT2D eigenvalue weighted by atomic mass is 79.9. The number of rotatable bonds is 5. The van der Waals surface area contributed by atoms with Crippen LogP contribution < -0.4 is 5.32 Å². The summed E-state index contributed by atoms with van der Waals surface area (Å²) in [6, 6.07) is 4.94. The summed E-state index contributed by atoms with van der Waals surface area (Å²) in [5.41, 5.74) is -0.222. The maximum absolute atomic E-state index is 12.1. The highest BCUT2D eigenvalue weighted by Gasteiger charge is 2.25. The Bertz CT molecular complexity index is 937. The molecular weight excluding hydrogens is 420 g/mol. The number of anilines is 1. The van der Waals surface area contributed by atoms with Gasteiger partial charge in [-0.1, -0.05) is 0 Å². The zero-order valence-corrected chi connectivity index (χ0v) is 15.7. The van der Waals surface area contributed by atoms with Crippen molar-refractivity contribution in [3.05, 3.63) is 28.1 Å². The normalized spacial score (nSPS) is 12.2. The fourth-order valence-electron chi connectivity index (χ4n) is 1.45. The lowest BCUT2D eigenvalue weighted by Crippen LogP contribution is -2.16. The van der Waals surface area contributed by atoms with Gasteiger partial charge in [-0.25, -0.2) is 8.42 Å². The zero-order chi connectivity index (χ0) is 17.9. The molecule has 0 spiro atoms. The van der Waals surface area contributed by atoms with E-state index in [0.717, 1.165) is 11.5 Å². The van der Waals surface area contributed by atoms with E-state index < -0.39 is 21.0 Å². The van der Waals surface area contributed by atoms with E-state index >= 15 is 0 Å². The van der Waals surface area contributed by atoms with E-state index in [-0.39, 0.29) is 15.9 Å². The number of aromatic nitrogens is 2. The van der Waals surface area contributed by atoms with Gasteiger partial charge >= 0.3 is 0 Å². The van der Waals surface area contributed by atoms with Crippen LogP contribution in [0.4, 0.5) is 5.13 Å². The Morgan fingerprint density at radius 2 is 2.21 bits per heavy atom. The second kappa shape index (κ2) is 7.25. The Balaban J connectivity index is 2.19. The van der Waals surface area contributed by atoms with Crippen molar-refractivity contribution in [2.75, 3.05) is 5.32 Å². The predicted molar refractivity (Wildman–Crippen MR) is 90.9 cm³/mol. The maximum atomic E-state index is 12.1. The van der Waals surface area contributed by atoms with E-state index in [1.54, 1.807) is 18.2 Å². The Kier molecular flexibility index (Phi) is 5.53. The van der Waals surface area contributed by atoms with Crippen molar-refractivity contribution in [2.24, 2.45) is 0 Å². The first-order valence-electron chi connectivity index (χ1n) is 6.50. The summed E-state index contributed by atoms with van der Waals surface area (Å²) in [5, 5.41) is 10.4. The maximum Gasteiger partial charge on any atom is 0.268 e. The highest BCUT2D eigenvalue weighted by Crippen LogP contribution is 2.20. The minimum Gasteiger partial charge on any atom is -0.450 e. The molecule has 24 heavy (non-hydrogen) atoms. The molecule has 11 heteroatoms. The van der Waals surface area contributed by atoms with Crippen LogP contribution in [0.5, 0.6) is 0 Å². The summed E-state index contributed by atoms with van der Waals surface area (Å²) in [4.78, 5) is 15.9. The number of nitriles is 1. The van der Waals surface area contributed by atoms with Crippen molar-refractivity contribution < 1.29 is 17.6 Å². The van der Waals surface area contributed by atoms with Crippen LogP contribution in [0.3, 0.4) is 0 Å². The Morgan fingerprint density at radius 1 is 1.50 bits per heavy atom. The number of sulfone groups is 1. The standard InChI is InChI=1S/C13H11BrN4O4S2/c1-7(2)24(20,21)13-17-12(23-18-13)16-11(19)8(6-15)5-9-3-4-10(14)22-9/h3-5,7H,1-2H3,(H,16,17,18,19)/b8-5-. The van der Waals surface area contributed by atoms with E-state index in [2.05, 4.69) is 30.6 Å². The van der Waals surface area contributed by atoms with Crippen LogP contribution in [-0.4, -0.2) is 28.9 Å². The van der Waals surface area contributed by atoms with Crippen molar-refractivity contribution in [1.82, 2.24) is 9.36 Å². The number of hydrogen-bond acceptors (Lipinski definition) is 8. The lowest BCUT2D eigenvalue weighted by molar-refractivity contribution is -0.112. The Hall–Kier alpha value is -2.03. The van der Waals surface area contributed by atoms with Crippen LogP contribution in [0.25, 0.3) is 6.08 Å². The average Bonchev–Trinajstić information content (AvgIpc) is 3.13. The first-order valence-corrected chi connectivity index (χ1v) is 9.61. The second-order valence-electron chi connectivity index (χ2n) is 4.74. The third-order valence-corrected chi connectivity index (χ3v) is 5.85. The first-order chi connectivity index (χ1) is 11.2. The van der Waals surface area contributed by atoms with E-state index in [0.29, 0.717) is 10.4 Å². The van der Waals surface area contributed by atoms with Crippen LogP contribution in [0.15, 0.2) is 31.9 Å². The van der Waals surface area contributed by atoms with Crippen LogP contribution in [0.2, 0.25) is 0 Å². The predicted octanol–water partition coefficient (Wildman–Crippen LogP) is 2.62. The van der Waals surface area contributed by atoms with E-state index in [4.69, 9.17) is 9.68 Å². The van der Waals surface area contributed by atoms with Gasteiger partial charge in [0.05, 0.1) is 5.25 Å². The van der Waals surface area contributed by atoms with Crippen molar-refractivity contribution in [1.29, 1.82) is 5.26 Å². The minimum atomic E-state index is -3.63. The van der Waals surface area contributed by atoms with Gasteiger partial charge < -0.3 is 4.42 Å². The number of furan rings is 1. The Labute approximate surface area is 150 Å². The van der Waals surface area contributed by atoms with Crippen LogP contribution >= 0.6 is 27.5 Å². The van der Waals surface area contributed by atoms with Gasteiger partial charge in [-0.15, -0.1) is 0 Å². The molecule has 0 bridgehead atoms. The summed E-state index contributed by atoms with van der Waals surface area (Å²) >= 11 is 3.84. The molecule has 0 aliphatic carbocycles. The SMILES string of the molecule is CC(C)S(=O)(=O)c1nsc(NC(=O)/C(C#N)=C\c2ccc(Br)o2)n1. The molecule has 0 unspecified atom stereocenters. The summed E-state index contributed by atoms with van der Waals surface area (Å²) in [7, 11) is -3.63. The summed E-state index contributed by atoms with van der Waals surface area (Å²) in [6.07, 6.45) is 1.26. The van der Waals surface area contributed by atoms with Crippen molar-refractivity contribution >= 4 is 54.4 Å². The molecule has 0 aliphatic rings. The average molecular weight is 431 g/mol. The molecule has 2 rings (SSSR count). The summed E-state index contributed by atoms with van der Waals surface area (Å²) < 4.78 is 33.3. The van der Waals surface area contributed by atoms with Gasteiger partial charge in [-0.05, 0) is 41.9 Å². The van der Waals surface area contributed by atoms with Gasteiger partial charge in [-0.3, -0.25) is 10.1 Å². The number of amides is 1. The van der Waals surface area contributed by atoms with Crippen LogP contribution in [0.1, 0.15) is 19.6 Å².